The van der Waals surface area contributed by atoms with E-state index in [2.05, 4.69) is 90.0 Å². The Bertz CT molecular complexity index is 2130. The fourth-order valence-electron chi connectivity index (χ4n) is 17.0. The summed E-state index contributed by atoms with van der Waals surface area (Å²) in [5.74, 6) is 1.62. The molecule has 5 rings (SSSR count). The van der Waals surface area contributed by atoms with Gasteiger partial charge in [-0.05, 0) is 87.5 Å². The van der Waals surface area contributed by atoms with Crippen LogP contribution in [0.15, 0.2) is 0 Å². The van der Waals surface area contributed by atoms with Gasteiger partial charge in [-0.1, -0.05) is 362 Å². The third-order valence-electron chi connectivity index (χ3n) is 23.7. The lowest BCUT2D eigenvalue weighted by Crippen LogP contribution is -2.48. The summed E-state index contributed by atoms with van der Waals surface area (Å²) in [6.45, 7) is 36.9. The summed E-state index contributed by atoms with van der Waals surface area (Å²) in [7, 11) is 0. The Labute approximate surface area is 707 Å². The lowest BCUT2D eigenvalue weighted by Gasteiger charge is -2.35. The van der Waals surface area contributed by atoms with E-state index in [4.69, 9.17) is 23.7 Å². The molecular formula is C99H193N5O10. The molecule has 0 aromatic rings. The van der Waals surface area contributed by atoms with Gasteiger partial charge in [-0.3, -0.25) is 24.0 Å². The molecule has 114 heavy (non-hydrogen) atoms. The van der Waals surface area contributed by atoms with Crippen LogP contribution in [0.4, 0.5) is 0 Å². The number of nitrogens with zero attached hydrogens (tertiary/aromatic N) is 5. The molecular weight excluding hydrogens is 1420 g/mol. The van der Waals surface area contributed by atoms with E-state index in [0.29, 0.717) is 42.7 Å². The number of carbonyl (C=O) groups is 5. The maximum atomic E-state index is 12.3. The molecule has 0 radical (unpaired) electrons. The van der Waals surface area contributed by atoms with E-state index < -0.39 is 0 Å². The van der Waals surface area contributed by atoms with E-state index in [1.807, 2.05) is 24.5 Å². The van der Waals surface area contributed by atoms with Crippen LogP contribution in [0.25, 0.3) is 0 Å². The molecule has 0 spiro atoms. The van der Waals surface area contributed by atoms with Crippen LogP contribution < -0.4 is 0 Å². The van der Waals surface area contributed by atoms with Gasteiger partial charge in [0.05, 0.1) is 62.0 Å². The van der Waals surface area contributed by atoms with Crippen molar-refractivity contribution in [3.63, 3.8) is 0 Å². The molecule has 5 amide bonds. The van der Waals surface area contributed by atoms with Gasteiger partial charge in [-0.25, -0.2) is 0 Å². The van der Waals surface area contributed by atoms with Crippen molar-refractivity contribution in [3.8, 4) is 0 Å². The van der Waals surface area contributed by atoms with E-state index in [1.54, 1.807) is 0 Å². The molecule has 5 aliphatic heterocycles. The van der Waals surface area contributed by atoms with Crippen LogP contribution in [-0.2, 0) is 47.7 Å². The van der Waals surface area contributed by atoms with Gasteiger partial charge in [0.2, 0.25) is 29.5 Å². The zero-order valence-electron chi connectivity index (χ0n) is 78.1. The van der Waals surface area contributed by atoms with E-state index in [0.717, 1.165) is 130 Å². The number of hydrogen-bond acceptors (Lipinski definition) is 10. The molecule has 0 aromatic heterocycles. The molecule has 8 unspecified atom stereocenters. The lowest BCUT2D eigenvalue weighted by atomic mass is 10.0. The number of ether oxygens (including phenoxy) is 5. The Morgan fingerprint density at radius 2 is 0.316 bits per heavy atom. The minimum absolute atomic E-state index is 0.179. The van der Waals surface area contributed by atoms with Crippen molar-refractivity contribution in [2.75, 3.05) is 78.7 Å². The van der Waals surface area contributed by atoms with Crippen LogP contribution in [0.5, 0.6) is 0 Å². The van der Waals surface area contributed by atoms with Crippen molar-refractivity contribution in [3.05, 3.63) is 0 Å². The average molecular weight is 1610 g/mol. The quantitative estimate of drug-likeness (QED) is 0.0539. The number of morpholine rings is 5. The van der Waals surface area contributed by atoms with Gasteiger partial charge in [-0.15, -0.1) is 0 Å². The minimum atomic E-state index is 0.179. The van der Waals surface area contributed by atoms with Gasteiger partial charge in [0, 0.05) is 97.6 Å². The predicted octanol–water partition coefficient (Wildman–Crippen LogP) is 26.2. The fraction of sp³-hybridized carbons (Fsp3) is 0.949. The molecule has 5 aliphatic rings. The van der Waals surface area contributed by atoms with Crippen LogP contribution in [0.3, 0.4) is 0 Å². The Morgan fingerprint density at radius 3 is 0.456 bits per heavy atom. The van der Waals surface area contributed by atoms with Crippen molar-refractivity contribution in [2.24, 2.45) is 0 Å². The number of hydrogen-bond donors (Lipinski definition) is 0. The van der Waals surface area contributed by atoms with Gasteiger partial charge in [0.1, 0.15) is 0 Å². The summed E-state index contributed by atoms with van der Waals surface area (Å²) in [5.41, 5.74) is 0. The van der Waals surface area contributed by atoms with Crippen LogP contribution in [-0.4, -0.2) is 182 Å². The van der Waals surface area contributed by atoms with Gasteiger partial charge in [0.15, 0.2) is 0 Å². The Balaban J connectivity index is 0.000000716. The molecule has 5 fully saturated rings. The Kier molecular flexibility index (Phi) is 75.3. The first-order chi connectivity index (χ1) is 55.4. The zero-order chi connectivity index (χ0) is 83.5. The first-order valence-electron chi connectivity index (χ1n) is 50.0. The molecule has 8 atom stereocenters. The highest BCUT2D eigenvalue weighted by molar-refractivity contribution is 5.78. The van der Waals surface area contributed by atoms with Crippen molar-refractivity contribution < 1.29 is 47.7 Å². The highest BCUT2D eigenvalue weighted by Gasteiger charge is 2.29. The zero-order valence-corrected chi connectivity index (χ0v) is 78.1. The van der Waals surface area contributed by atoms with E-state index in [9.17, 15) is 24.0 Å². The molecule has 5 heterocycles. The highest BCUT2D eigenvalue weighted by Crippen LogP contribution is 2.23. The monoisotopic (exact) mass is 1610 g/mol. The summed E-state index contributed by atoms with van der Waals surface area (Å²) >= 11 is 0. The largest absolute Gasteiger partial charge is 0.378 e. The molecule has 674 valence electrons. The third kappa shape index (κ3) is 65.9. The van der Waals surface area contributed by atoms with Crippen molar-refractivity contribution in [1.82, 2.24) is 24.5 Å². The maximum Gasteiger partial charge on any atom is 0.222 e. The second-order valence-electron chi connectivity index (χ2n) is 36.0. The Morgan fingerprint density at radius 1 is 0.193 bits per heavy atom. The summed E-state index contributed by atoms with van der Waals surface area (Å²) in [5, 5.41) is 0. The summed E-state index contributed by atoms with van der Waals surface area (Å²) < 4.78 is 28.0. The van der Waals surface area contributed by atoms with Crippen molar-refractivity contribution in [1.29, 1.82) is 0 Å². The van der Waals surface area contributed by atoms with E-state index >= 15 is 0 Å². The first-order valence-corrected chi connectivity index (χ1v) is 50.0. The smallest absolute Gasteiger partial charge is 0.222 e. The normalized spacial score (nSPS) is 20.4. The topological polar surface area (TPSA) is 148 Å². The maximum absolute atomic E-state index is 12.3. The summed E-state index contributed by atoms with van der Waals surface area (Å²) in [6, 6.07) is 0. The first kappa shape index (κ1) is 109. The van der Waals surface area contributed by atoms with Crippen LogP contribution in [0.1, 0.15) is 482 Å². The van der Waals surface area contributed by atoms with Crippen molar-refractivity contribution in [2.45, 2.75) is 531 Å². The van der Waals surface area contributed by atoms with Crippen LogP contribution in [0.2, 0.25) is 0 Å². The average Bonchev–Trinajstić information content (AvgIpc) is 0.885. The molecule has 0 N–H and O–H groups in total. The second kappa shape index (κ2) is 78.7. The number of carbonyl (C=O) groups excluding carboxylic acids is 5. The third-order valence-corrected chi connectivity index (χ3v) is 23.7. The van der Waals surface area contributed by atoms with Crippen LogP contribution in [0, 0.1) is 0 Å². The molecule has 15 heteroatoms. The van der Waals surface area contributed by atoms with Gasteiger partial charge >= 0.3 is 0 Å². The molecule has 0 aromatic carbocycles. The van der Waals surface area contributed by atoms with Crippen LogP contribution >= 0.6 is 0 Å². The SMILES string of the molecule is CCCCCCCCCCCC(=O)N1CC(C)OC(C)C1.CCCCCCCCCCCC(=O)N1CCOCC1.CCCCCCCCCCCCC(=O)N1CC(C)OC(C)C1.CCCCCCCCCCCCCCCC(=O)N1CC(C)OC(C)C1.CCCCCCCCCCCCCCCCCC(=O)N1CC(C)OC(C)C1. The molecule has 0 aliphatic carbocycles. The molecule has 15 nitrogen and oxygen atoms in total. The second-order valence-corrected chi connectivity index (χ2v) is 36.0. The summed E-state index contributed by atoms with van der Waals surface area (Å²) in [6.07, 6.45) is 79.8. The van der Waals surface area contributed by atoms with Gasteiger partial charge in [0.25, 0.3) is 0 Å². The van der Waals surface area contributed by atoms with E-state index in [1.165, 1.54) is 327 Å². The molecule has 5 saturated heterocycles. The number of rotatable bonds is 61. The van der Waals surface area contributed by atoms with E-state index in [-0.39, 0.29) is 48.8 Å². The highest BCUT2D eigenvalue weighted by atomic mass is 16.5. The van der Waals surface area contributed by atoms with Crippen molar-refractivity contribution >= 4 is 29.5 Å². The Hall–Kier alpha value is -2.85. The number of unbranched alkanes of at least 4 members (excludes halogenated alkanes) is 51. The predicted molar refractivity (Wildman–Crippen MR) is 484 cm³/mol. The molecule has 0 saturated carbocycles. The fourth-order valence-corrected chi connectivity index (χ4v) is 17.0. The molecule has 0 bridgehead atoms. The lowest BCUT2D eigenvalue weighted by molar-refractivity contribution is -0.143. The van der Waals surface area contributed by atoms with Gasteiger partial charge in [-0.2, -0.15) is 0 Å². The minimum Gasteiger partial charge on any atom is -0.378 e. The standard InChI is InChI=1S/C24H47NO2.C22H43NO2.C19H37NO2.C18H35NO2.C16H31NO2/c1-4-5-6-7-8-9-10-11-12-13-14-15-16-17-18-19-24(26)25-20-22(2)27-23(3)21-25;1-4-5-6-7-8-9-10-11-12-13-14-15-16-17-22(24)23-18-20(2)25-21(3)19-23;1-4-5-6-7-8-9-10-11-12-13-14-19(21)20-15-17(2)22-18(3)16-20;1-4-5-6-7-8-9-10-11-12-13-18(20)19-14-16(2)21-17(3)15-19;1-2-3-4-5-6-7-8-9-10-11-16(18)17-12-14-19-15-13-17/h22-23H,4-21H2,1-3H3;20-21H,4-19H2,1-3H3;17-18H,4-16H2,1-3H3;16-17H,4-15H2,1-3H3;2-15H2,1H3. The summed E-state index contributed by atoms with van der Waals surface area (Å²) in [4.78, 5) is 70.7. The number of amides is 5. The van der Waals surface area contributed by atoms with Gasteiger partial charge < -0.3 is 48.2 Å².